The van der Waals surface area contributed by atoms with Crippen LogP contribution in [0.4, 0.5) is 0 Å². The van der Waals surface area contributed by atoms with Crippen molar-refractivity contribution in [3.8, 4) is 6.07 Å². The normalized spacial score (nSPS) is 11.9. The minimum Gasteiger partial charge on any atom is -0.344 e. The molecule has 0 fully saturated rings. The molecule has 0 saturated heterocycles. The standard InChI is InChI=1S/C18H22N4O2S/c1-4-13(2)22-17(24)14-8-5-6-9-15(14)20-18(22)25-12-16(23)21(3)11-7-10-19/h5-6,8-9,13H,4,7,11-12H2,1-3H3/t13-/m0/s1. The van der Waals surface area contributed by atoms with Gasteiger partial charge in [0.15, 0.2) is 5.16 Å². The summed E-state index contributed by atoms with van der Waals surface area (Å²) in [6, 6.07) is 9.28. The molecule has 0 aliphatic rings. The van der Waals surface area contributed by atoms with Crippen LogP contribution in [0.5, 0.6) is 0 Å². The zero-order valence-corrected chi connectivity index (χ0v) is 15.5. The number of nitrogens with zero attached hydrogens (tertiary/aromatic N) is 4. The van der Waals surface area contributed by atoms with Gasteiger partial charge in [0, 0.05) is 19.6 Å². The van der Waals surface area contributed by atoms with Crippen molar-refractivity contribution in [3.63, 3.8) is 0 Å². The van der Waals surface area contributed by atoms with Gasteiger partial charge in [-0.2, -0.15) is 5.26 Å². The largest absolute Gasteiger partial charge is 0.344 e. The summed E-state index contributed by atoms with van der Waals surface area (Å²) in [6.07, 6.45) is 1.10. The second-order valence-corrected chi connectivity index (χ2v) is 6.80. The molecule has 0 aliphatic carbocycles. The number of fused-ring (bicyclic) bond motifs is 1. The highest BCUT2D eigenvalue weighted by Gasteiger charge is 2.17. The third-order valence-electron chi connectivity index (χ3n) is 4.12. The second kappa shape index (κ2) is 8.67. The van der Waals surface area contributed by atoms with Gasteiger partial charge in [0.2, 0.25) is 5.91 Å². The Labute approximate surface area is 151 Å². The van der Waals surface area contributed by atoms with Crippen LogP contribution in [0, 0.1) is 11.3 Å². The van der Waals surface area contributed by atoms with Crippen LogP contribution in [-0.2, 0) is 4.79 Å². The summed E-state index contributed by atoms with van der Waals surface area (Å²) in [5.41, 5.74) is 0.563. The Hall–Kier alpha value is -2.33. The van der Waals surface area contributed by atoms with Crippen LogP contribution in [0.25, 0.3) is 10.9 Å². The van der Waals surface area contributed by atoms with Crippen molar-refractivity contribution in [2.75, 3.05) is 19.3 Å². The highest BCUT2D eigenvalue weighted by Crippen LogP contribution is 2.22. The first-order chi connectivity index (χ1) is 12.0. The van der Waals surface area contributed by atoms with Gasteiger partial charge in [0.25, 0.3) is 5.56 Å². The molecule has 0 aliphatic heterocycles. The van der Waals surface area contributed by atoms with E-state index in [0.717, 1.165) is 6.42 Å². The van der Waals surface area contributed by atoms with Crippen LogP contribution in [-0.4, -0.2) is 39.7 Å². The average Bonchev–Trinajstić information content (AvgIpc) is 2.63. The lowest BCUT2D eigenvalue weighted by Gasteiger charge is -2.19. The summed E-state index contributed by atoms with van der Waals surface area (Å²) in [6.45, 7) is 4.39. The summed E-state index contributed by atoms with van der Waals surface area (Å²) in [4.78, 5) is 31.2. The van der Waals surface area contributed by atoms with Crippen molar-refractivity contribution in [1.29, 1.82) is 5.26 Å². The Balaban J connectivity index is 2.32. The summed E-state index contributed by atoms with van der Waals surface area (Å²) in [5.74, 6) is 0.0988. The maximum absolute atomic E-state index is 12.8. The average molecular weight is 358 g/mol. The highest BCUT2D eigenvalue weighted by molar-refractivity contribution is 7.99. The van der Waals surface area contributed by atoms with Gasteiger partial charge in [-0.3, -0.25) is 14.2 Å². The Bertz CT molecular complexity index is 856. The van der Waals surface area contributed by atoms with Crippen LogP contribution in [0.3, 0.4) is 0 Å². The van der Waals surface area contributed by atoms with Gasteiger partial charge < -0.3 is 4.90 Å². The van der Waals surface area contributed by atoms with E-state index in [1.54, 1.807) is 17.7 Å². The van der Waals surface area contributed by atoms with Gasteiger partial charge in [-0.25, -0.2) is 4.98 Å². The monoisotopic (exact) mass is 358 g/mol. The fourth-order valence-electron chi connectivity index (χ4n) is 2.38. The summed E-state index contributed by atoms with van der Waals surface area (Å²) < 4.78 is 1.68. The lowest BCUT2D eigenvalue weighted by molar-refractivity contribution is -0.127. The molecule has 2 rings (SSSR count). The van der Waals surface area contributed by atoms with Crippen molar-refractivity contribution < 1.29 is 4.79 Å². The maximum atomic E-state index is 12.8. The Kier molecular flexibility index (Phi) is 6.59. The number of carbonyl (C=O) groups is 1. The number of para-hydroxylation sites is 1. The van der Waals surface area contributed by atoms with Crippen molar-refractivity contribution in [3.05, 3.63) is 34.6 Å². The minimum absolute atomic E-state index is 0.00136. The van der Waals surface area contributed by atoms with E-state index in [9.17, 15) is 9.59 Å². The molecule has 0 unspecified atom stereocenters. The number of aromatic nitrogens is 2. The van der Waals surface area contributed by atoms with E-state index in [1.165, 1.54) is 16.7 Å². The third kappa shape index (κ3) is 4.40. The van der Waals surface area contributed by atoms with E-state index in [-0.39, 0.29) is 23.3 Å². The lowest BCUT2D eigenvalue weighted by atomic mass is 10.2. The highest BCUT2D eigenvalue weighted by atomic mass is 32.2. The smallest absolute Gasteiger partial charge is 0.262 e. The molecule has 1 heterocycles. The molecule has 25 heavy (non-hydrogen) atoms. The molecule has 0 spiro atoms. The zero-order chi connectivity index (χ0) is 18.4. The van der Waals surface area contributed by atoms with Gasteiger partial charge >= 0.3 is 0 Å². The Morgan fingerprint density at radius 2 is 2.16 bits per heavy atom. The minimum atomic E-state index is -0.0849. The van der Waals surface area contributed by atoms with Crippen LogP contribution < -0.4 is 5.56 Å². The fourth-order valence-corrected chi connectivity index (χ4v) is 3.42. The van der Waals surface area contributed by atoms with Gasteiger partial charge in [0.05, 0.1) is 29.1 Å². The van der Waals surface area contributed by atoms with E-state index in [2.05, 4.69) is 4.98 Å². The summed E-state index contributed by atoms with van der Waals surface area (Å²) in [5, 5.41) is 9.76. The predicted molar refractivity (Wildman–Crippen MR) is 99.6 cm³/mol. The molecule has 6 nitrogen and oxygen atoms in total. The number of carbonyl (C=O) groups excluding carboxylic acids is 1. The van der Waals surface area contributed by atoms with Gasteiger partial charge in [-0.15, -0.1) is 0 Å². The molecule has 1 aromatic heterocycles. The molecule has 0 bridgehead atoms. The molecular weight excluding hydrogens is 336 g/mol. The van der Waals surface area contributed by atoms with Crippen molar-refractivity contribution >= 4 is 28.6 Å². The van der Waals surface area contributed by atoms with Crippen LogP contribution in [0.2, 0.25) is 0 Å². The first-order valence-electron chi connectivity index (χ1n) is 8.24. The molecule has 2 aromatic rings. The molecule has 1 atom stereocenters. The predicted octanol–water partition coefficient (Wildman–Crippen LogP) is 2.83. The SMILES string of the molecule is CC[C@H](C)n1c(SCC(=O)N(C)CCC#N)nc2ccccc2c1=O. The number of rotatable bonds is 7. The molecule has 1 amide bonds. The molecule has 1 aromatic carbocycles. The van der Waals surface area contributed by atoms with Crippen molar-refractivity contribution in [2.24, 2.45) is 0 Å². The summed E-state index contributed by atoms with van der Waals surface area (Å²) in [7, 11) is 1.68. The molecular formula is C18H22N4O2S. The quantitative estimate of drug-likeness (QED) is 0.562. The topological polar surface area (TPSA) is 79.0 Å². The van der Waals surface area contributed by atoms with E-state index in [4.69, 9.17) is 5.26 Å². The van der Waals surface area contributed by atoms with Crippen molar-refractivity contribution in [1.82, 2.24) is 14.5 Å². The van der Waals surface area contributed by atoms with Crippen LogP contribution in [0.15, 0.2) is 34.2 Å². The first-order valence-corrected chi connectivity index (χ1v) is 9.23. The van der Waals surface area contributed by atoms with E-state index in [0.29, 0.717) is 29.0 Å². The molecule has 0 radical (unpaired) electrons. The zero-order valence-electron chi connectivity index (χ0n) is 14.7. The Morgan fingerprint density at radius 1 is 1.44 bits per heavy atom. The lowest BCUT2D eigenvalue weighted by Crippen LogP contribution is -2.30. The van der Waals surface area contributed by atoms with Crippen molar-refractivity contribution in [2.45, 2.75) is 37.9 Å². The van der Waals surface area contributed by atoms with E-state index < -0.39 is 0 Å². The van der Waals surface area contributed by atoms with Gasteiger partial charge in [-0.05, 0) is 25.5 Å². The first kappa shape index (κ1) is 19.0. The number of hydrogen-bond acceptors (Lipinski definition) is 5. The van der Waals surface area contributed by atoms with Crippen LogP contribution in [0.1, 0.15) is 32.7 Å². The summed E-state index contributed by atoms with van der Waals surface area (Å²) >= 11 is 1.27. The molecule has 0 saturated carbocycles. The number of amides is 1. The third-order valence-corrected chi connectivity index (χ3v) is 5.05. The maximum Gasteiger partial charge on any atom is 0.262 e. The fraction of sp³-hybridized carbons (Fsp3) is 0.444. The van der Waals surface area contributed by atoms with Crippen LogP contribution >= 0.6 is 11.8 Å². The van der Waals surface area contributed by atoms with Gasteiger partial charge in [-0.1, -0.05) is 30.8 Å². The number of benzene rings is 1. The number of nitriles is 1. The molecule has 132 valence electrons. The van der Waals surface area contributed by atoms with Gasteiger partial charge in [0.1, 0.15) is 0 Å². The second-order valence-electron chi connectivity index (χ2n) is 5.86. The Morgan fingerprint density at radius 3 is 2.84 bits per heavy atom. The number of hydrogen-bond donors (Lipinski definition) is 0. The van der Waals surface area contributed by atoms with E-state index in [1.807, 2.05) is 38.1 Å². The molecule has 7 heteroatoms. The van der Waals surface area contributed by atoms with E-state index >= 15 is 0 Å². The number of thioether (sulfide) groups is 1. The molecule has 0 N–H and O–H groups in total.